The molecule has 0 fully saturated rings. The fourth-order valence-corrected chi connectivity index (χ4v) is 2.32. The maximum absolute atomic E-state index is 6.18. The van der Waals surface area contributed by atoms with E-state index in [9.17, 15) is 0 Å². The maximum atomic E-state index is 6.18. The number of benzene rings is 1. The first-order valence-corrected chi connectivity index (χ1v) is 6.91. The third-order valence-corrected chi connectivity index (χ3v) is 4.37. The Hall–Kier alpha value is -0.710. The largest absolute Gasteiger partial charge is 0.379 e. The second kappa shape index (κ2) is 5.51. The van der Waals surface area contributed by atoms with Crippen molar-refractivity contribution in [2.24, 2.45) is 7.05 Å². The molecular weight excluding hydrogens is 337 g/mol. The van der Waals surface area contributed by atoms with Gasteiger partial charge < -0.3 is 5.32 Å². The molecule has 2 rings (SSSR count). The molecule has 96 valence electrons. The van der Waals surface area contributed by atoms with Crippen molar-refractivity contribution < 1.29 is 0 Å². The quantitative estimate of drug-likeness (QED) is 0.890. The number of aryl methyl sites for hydroxylation is 2. The van der Waals surface area contributed by atoms with Crippen molar-refractivity contribution in [2.75, 3.05) is 5.32 Å². The lowest BCUT2D eigenvalue weighted by molar-refractivity contribution is 0.713. The van der Waals surface area contributed by atoms with E-state index >= 15 is 0 Å². The topological polar surface area (TPSA) is 29.9 Å². The van der Waals surface area contributed by atoms with Crippen molar-refractivity contribution in [3.05, 3.63) is 44.1 Å². The number of rotatable bonds is 3. The Morgan fingerprint density at radius 3 is 2.67 bits per heavy atom. The predicted molar refractivity (Wildman–Crippen MR) is 79.4 cm³/mol. The smallest absolute Gasteiger partial charge is 0.0865 e. The third kappa shape index (κ3) is 2.82. The van der Waals surface area contributed by atoms with E-state index in [1.165, 1.54) is 0 Å². The number of nitrogens with one attached hydrogen (secondary N) is 1. The van der Waals surface area contributed by atoms with Crippen molar-refractivity contribution in [1.29, 1.82) is 0 Å². The van der Waals surface area contributed by atoms with Crippen LogP contribution in [-0.4, -0.2) is 9.78 Å². The molecule has 1 N–H and O–H groups in total. The molecule has 1 aromatic carbocycles. The minimum absolute atomic E-state index is 0.605. The number of nitrogens with zero attached hydrogens (tertiary/aromatic N) is 2. The molecule has 1 aromatic heterocycles. The molecule has 0 radical (unpaired) electrons. The summed E-state index contributed by atoms with van der Waals surface area (Å²) in [5.74, 6) is 0. The van der Waals surface area contributed by atoms with Gasteiger partial charge >= 0.3 is 0 Å². The molecule has 3 nitrogen and oxygen atoms in total. The van der Waals surface area contributed by atoms with Gasteiger partial charge in [-0.15, -0.1) is 0 Å². The van der Waals surface area contributed by atoms with Crippen molar-refractivity contribution in [3.63, 3.8) is 0 Å². The Labute approximate surface area is 124 Å². The van der Waals surface area contributed by atoms with Crippen LogP contribution in [0.3, 0.4) is 0 Å². The summed E-state index contributed by atoms with van der Waals surface area (Å²) < 4.78 is 2.66. The lowest BCUT2D eigenvalue weighted by Gasteiger charge is -2.08. The highest BCUT2D eigenvalue weighted by molar-refractivity contribution is 9.10. The zero-order valence-electron chi connectivity index (χ0n) is 9.97. The van der Waals surface area contributed by atoms with Crippen LogP contribution in [0.1, 0.15) is 11.4 Å². The van der Waals surface area contributed by atoms with Gasteiger partial charge in [-0.25, -0.2) is 0 Å². The summed E-state index contributed by atoms with van der Waals surface area (Å²) in [6, 6.07) is 5.72. The second-order valence-corrected chi connectivity index (χ2v) is 5.59. The van der Waals surface area contributed by atoms with E-state index in [2.05, 4.69) is 26.3 Å². The highest BCUT2D eigenvalue weighted by atomic mass is 79.9. The number of aromatic nitrogens is 2. The molecule has 0 saturated carbocycles. The Kier molecular flexibility index (Phi) is 4.20. The van der Waals surface area contributed by atoms with Crippen LogP contribution in [0.15, 0.2) is 22.7 Å². The van der Waals surface area contributed by atoms with Gasteiger partial charge in [0, 0.05) is 17.2 Å². The summed E-state index contributed by atoms with van der Waals surface area (Å²) >= 11 is 15.6. The Balaban J connectivity index is 2.14. The van der Waals surface area contributed by atoms with Crippen molar-refractivity contribution in [1.82, 2.24) is 9.78 Å². The lowest BCUT2D eigenvalue weighted by Crippen LogP contribution is -2.05. The molecule has 0 atom stereocenters. The SMILES string of the molecule is Cc1nn(C)c(CNc2ccc(Br)c(Cl)c2)c1Cl. The monoisotopic (exact) mass is 347 g/mol. The van der Waals surface area contributed by atoms with E-state index < -0.39 is 0 Å². The molecule has 0 bridgehead atoms. The van der Waals surface area contributed by atoms with Crippen LogP contribution < -0.4 is 5.32 Å². The van der Waals surface area contributed by atoms with Gasteiger partial charge in [-0.1, -0.05) is 23.2 Å². The van der Waals surface area contributed by atoms with E-state index in [0.717, 1.165) is 21.5 Å². The van der Waals surface area contributed by atoms with Crippen LogP contribution in [0.25, 0.3) is 0 Å². The average Bonchev–Trinajstić information content (AvgIpc) is 2.56. The molecule has 0 spiro atoms. The molecule has 2 aromatic rings. The van der Waals surface area contributed by atoms with E-state index in [-0.39, 0.29) is 0 Å². The zero-order valence-corrected chi connectivity index (χ0v) is 13.1. The second-order valence-electron chi connectivity index (χ2n) is 3.95. The number of hydrogen-bond acceptors (Lipinski definition) is 2. The molecule has 6 heteroatoms. The summed E-state index contributed by atoms with van der Waals surface area (Å²) in [4.78, 5) is 0. The molecule has 0 aliphatic heterocycles. The fraction of sp³-hybridized carbons (Fsp3) is 0.250. The highest BCUT2D eigenvalue weighted by Gasteiger charge is 2.10. The minimum Gasteiger partial charge on any atom is -0.379 e. The van der Waals surface area contributed by atoms with Gasteiger partial charge in [0.05, 0.1) is 28.0 Å². The molecule has 18 heavy (non-hydrogen) atoms. The third-order valence-electron chi connectivity index (χ3n) is 2.64. The molecule has 0 aliphatic rings. The zero-order chi connectivity index (χ0) is 13.3. The highest BCUT2D eigenvalue weighted by Crippen LogP contribution is 2.26. The standard InChI is InChI=1S/C12H12BrCl2N3/c1-7-12(15)11(18(2)17-7)6-16-8-3-4-9(13)10(14)5-8/h3-5,16H,6H2,1-2H3. The normalized spacial score (nSPS) is 10.7. The molecular formula is C12H12BrCl2N3. The summed E-state index contributed by atoms with van der Waals surface area (Å²) in [7, 11) is 1.88. The predicted octanol–water partition coefficient (Wildman–Crippen LogP) is 4.41. The number of hydrogen-bond donors (Lipinski definition) is 1. The molecule has 0 unspecified atom stereocenters. The van der Waals surface area contributed by atoms with Crippen LogP contribution in [-0.2, 0) is 13.6 Å². The number of halogens is 3. The first-order valence-electron chi connectivity index (χ1n) is 5.36. The van der Waals surface area contributed by atoms with Gasteiger partial charge in [-0.3, -0.25) is 4.68 Å². The van der Waals surface area contributed by atoms with Gasteiger partial charge in [0.25, 0.3) is 0 Å². The Morgan fingerprint density at radius 2 is 2.11 bits per heavy atom. The van der Waals surface area contributed by atoms with Gasteiger partial charge in [0.15, 0.2) is 0 Å². The summed E-state index contributed by atoms with van der Waals surface area (Å²) in [6.45, 7) is 2.50. The maximum Gasteiger partial charge on any atom is 0.0865 e. The van der Waals surface area contributed by atoms with E-state index in [0.29, 0.717) is 16.6 Å². The van der Waals surface area contributed by atoms with Crippen LogP contribution in [0, 0.1) is 6.92 Å². The van der Waals surface area contributed by atoms with Gasteiger partial charge in [-0.2, -0.15) is 5.10 Å². The van der Waals surface area contributed by atoms with Gasteiger partial charge in [0.2, 0.25) is 0 Å². The molecule has 0 saturated heterocycles. The molecule has 1 heterocycles. The first kappa shape index (κ1) is 13.7. The molecule has 0 amide bonds. The van der Waals surface area contributed by atoms with Crippen LogP contribution in [0.2, 0.25) is 10.0 Å². The Bertz CT molecular complexity index is 581. The summed E-state index contributed by atoms with van der Waals surface area (Å²) in [5, 5.41) is 8.91. The van der Waals surface area contributed by atoms with E-state index in [1.54, 1.807) is 4.68 Å². The van der Waals surface area contributed by atoms with Crippen LogP contribution in [0.5, 0.6) is 0 Å². The fourth-order valence-electron chi connectivity index (χ4n) is 1.66. The lowest BCUT2D eigenvalue weighted by atomic mass is 10.3. The first-order chi connectivity index (χ1) is 8.49. The van der Waals surface area contributed by atoms with Gasteiger partial charge in [-0.05, 0) is 41.1 Å². The van der Waals surface area contributed by atoms with Crippen molar-refractivity contribution in [2.45, 2.75) is 13.5 Å². The van der Waals surface area contributed by atoms with Crippen LogP contribution >= 0.6 is 39.1 Å². The van der Waals surface area contributed by atoms with Crippen molar-refractivity contribution >= 4 is 44.8 Å². The van der Waals surface area contributed by atoms with Gasteiger partial charge in [0.1, 0.15) is 0 Å². The van der Waals surface area contributed by atoms with Crippen LogP contribution in [0.4, 0.5) is 5.69 Å². The average molecular weight is 349 g/mol. The summed E-state index contributed by atoms with van der Waals surface area (Å²) in [5.41, 5.74) is 2.73. The van der Waals surface area contributed by atoms with E-state index in [4.69, 9.17) is 23.2 Å². The van der Waals surface area contributed by atoms with E-state index in [1.807, 2.05) is 32.2 Å². The minimum atomic E-state index is 0.605. The summed E-state index contributed by atoms with van der Waals surface area (Å²) in [6.07, 6.45) is 0. The Morgan fingerprint density at radius 1 is 1.39 bits per heavy atom. The van der Waals surface area contributed by atoms with Crippen molar-refractivity contribution in [3.8, 4) is 0 Å². The number of anilines is 1. The molecule has 0 aliphatic carbocycles.